The number of halogens is 2. The molecule has 0 saturated carbocycles. The molecule has 146 valence electrons. The van der Waals surface area contributed by atoms with Crippen LogP contribution in [0, 0.1) is 0 Å². The van der Waals surface area contributed by atoms with Crippen molar-refractivity contribution < 1.29 is 28.7 Å². The standard InChI is InChI=1S/C18H19Cl2NO6/c1-4-26-13(22)8-18(3)10-7-12(20)11(19)6-9(10)14(23)15(18)21-16(24)17(25)27-5-2/h6-7,15H,4-5,8H2,1-3H3,(H,21,24). The van der Waals surface area contributed by atoms with E-state index in [1.54, 1.807) is 20.8 Å². The maximum atomic E-state index is 12.9. The molecule has 0 heterocycles. The van der Waals surface area contributed by atoms with E-state index in [-0.39, 0.29) is 35.2 Å². The molecule has 2 rings (SSSR count). The number of Topliss-reactive ketones (excluding diaryl/α,β-unsaturated/α-hetero) is 1. The summed E-state index contributed by atoms with van der Waals surface area (Å²) in [7, 11) is 0. The summed E-state index contributed by atoms with van der Waals surface area (Å²) in [5, 5.41) is 2.75. The van der Waals surface area contributed by atoms with Gasteiger partial charge in [0, 0.05) is 11.0 Å². The van der Waals surface area contributed by atoms with E-state index in [2.05, 4.69) is 10.1 Å². The van der Waals surface area contributed by atoms with Gasteiger partial charge in [-0.25, -0.2) is 4.79 Å². The fourth-order valence-corrected chi connectivity index (χ4v) is 3.47. The second-order valence-electron chi connectivity index (χ2n) is 6.20. The van der Waals surface area contributed by atoms with Crippen LogP contribution in [0.4, 0.5) is 0 Å². The minimum Gasteiger partial charge on any atom is -0.466 e. The monoisotopic (exact) mass is 415 g/mol. The Morgan fingerprint density at radius 1 is 1.11 bits per heavy atom. The van der Waals surface area contributed by atoms with E-state index in [0.717, 1.165) is 0 Å². The molecule has 0 aromatic heterocycles. The number of ether oxygens (including phenoxy) is 2. The van der Waals surface area contributed by atoms with Gasteiger partial charge in [-0.2, -0.15) is 0 Å². The first-order valence-electron chi connectivity index (χ1n) is 8.32. The van der Waals surface area contributed by atoms with Gasteiger partial charge in [-0.1, -0.05) is 30.1 Å². The molecule has 9 heteroatoms. The van der Waals surface area contributed by atoms with Crippen molar-refractivity contribution in [3.8, 4) is 0 Å². The Hall–Kier alpha value is -2.12. The average Bonchev–Trinajstić information content (AvgIpc) is 2.77. The summed E-state index contributed by atoms with van der Waals surface area (Å²) in [4.78, 5) is 48.8. The van der Waals surface area contributed by atoms with Crippen LogP contribution in [-0.2, 0) is 29.3 Å². The Morgan fingerprint density at radius 2 is 1.70 bits per heavy atom. The van der Waals surface area contributed by atoms with Crippen molar-refractivity contribution in [3.05, 3.63) is 33.3 Å². The van der Waals surface area contributed by atoms with Gasteiger partial charge in [0.1, 0.15) is 6.04 Å². The molecule has 7 nitrogen and oxygen atoms in total. The number of ketones is 1. The van der Waals surface area contributed by atoms with Crippen molar-refractivity contribution >= 4 is 46.8 Å². The second kappa shape index (κ2) is 8.27. The molecule has 1 aromatic rings. The number of benzene rings is 1. The molecule has 0 bridgehead atoms. The summed E-state index contributed by atoms with van der Waals surface area (Å²) < 4.78 is 9.66. The van der Waals surface area contributed by atoms with Gasteiger partial charge >= 0.3 is 17.8 Å². The summed E-state index contributed by atoms with van der Waals surface area (Å²) in [5.41, 5.74) is -0.496. The molecule has 0 radical (unpaired) electrons. The van der Waals surface area contributed by atoms with Gasteiger partial charge in [-0.3, -0.25) is 14.4 Å². The van der Waals surface area contributed by atoms with Crippen LogP contribution in [0.25, 0.3) is 0 Å². The van der Waals surface area contributed by atoms with Gasteiger partial charge in [-0.15, -0.1) is 0 Å². The van der Waals surface area contributed by atoms with E-state index in [1.165, 1.54) is 12.1 Å². The highest BCUT2D eigenvalue weighted by Crippen LogP contribution is 2.44. The lowest BCUT2D eigenvalue weighted by atomic mass is 9.77. The number of nitrogens with one attached hydrogen (secondary N) is 1. The third-order valence-electron chi connectivity index (χ3n) is 4.39. The number of fused-ring (bicyclic) bond motifs is 1. The molecule has 0 fully saturated rings. The molecule has 1 N–H and O–H groups in total. The molecular weight excluding hydrogens is 397 g/mol. The van der Waals surface area contributed by atoms with Gasteiger partial charge in [0.2, 0.25) is 0 Å². The van der Waals surface area contributed by atoms with Crippen molar-refractivity contribution in [1.82, 2.24) is 5.32 Å². The molecular formula is C18H19Cl2NO6. The summed E-state index contributed by atoms with van der Waals surface area (Å²) >= 11 is 12.1. The largest absolute Gasteiger partial charge is 0.466 e. The van der Waals surface area contributed by atoms with Crippen LogP contribution in [0.5, 0.6) is 0 Å². The molecule has 1 aromatic carbocycles. The predicted molar refractivity (Wildman–Crippen MR) is 98.0 cm³/mol. The maximum absolute atomic E-state index is 12.9. The molecule has 2 atom stereocenters. The van der Waals surface area contributed by atoms with Crippen LogP contribution in [0.15, 0.2) is 12.1 Å². The van der Waals surface area contributed by atoms with Crippen LogP contribution < -0.4 is 5.32 Å². The zero-order valence-corrected chi connectivity index (χ0v) is 16.6. The van der Waals surface area contributed by atoms with E-state index < -0.39 is 35.1 Å². The van der Waals surface area contributed by atoms with E-state index in [0.29, 0.717) is 5.56 Å². The predicted octanol–water partition coefficient (Wildman–Crippen LogP) is 2.45. The van der Waals surface area contributed by atoms with Crippen LogP contribution in [-0.4, -0.2) is 42.9 Å². The lowest BCUT2D eigenvalue weighted by molar-refractivity contribution is -0.155. The maximum Gasteiger partial charge on any atom is 0.396 e. The SMILES string of the molecule is CCOC(=O)CC1(C)c2cc(Cl)c(Cl)cc2C(=O)C1NC(=O)C(=O)OCC. The van der Waals surface area contributed by atoms with Gasteiger partial charge in [-0.05, 0) is 31.5 Å². The number of carbonyl (C=O) groups excluding carboxylic acids is 4. The molecule has 1 aliphatic rings. The first-order chi connectivity index (χ1) is 12.7. The number of carbonyl (C=O) groups is 4. The van der Waals surface area contributed by atoms with Crippen LogP contribution >= 0.6 is 23.2 Å². The third kappa shape index (κ3) is 4.09. The van der Waals surface area contributed by atoms with Crippen molar-refractivity contribution in [2.45, 2.75) is 38.6 Å². The molecule has 2 unspecified atom stereocenters. The van der Waals surface area contributed by atoms with Gasteiger partial charge in [0.25, 0.3) is 0 Å². The zero-order chi connectivity index (χ0) is 20.4. The second-order valence-corrected chi connectivity index (χ2v) is 7.02. The first-order valence-corrected chi connectivity index (χ1v) is 9.08. The lowest BCUT2D eigenvalue weighted by Crippen LogP contribution is -2.52. The highest BCUT2D eigenvalue weighted by molar-refractivity contribution is 6.42. The molecule has 27 heavy (non-hydrogen) atoms. The number of rotatable bonds is 5. The zero-order valence-electron chi connectivity index (χ0n) is 15.1. The highest BCUT2D eigenvalue weighted by atomic mass is 35.5. The number of hydrogen-bond acceptors (Lipinski definition) is 6. The number of esters is 2. The van der Waals surface area contributed by atoms with Gasteiger partial charge < -0.3 is 14.8 Å². The Labute approximate surface area is 166 Å². The quantitative estimate of drug-likeness (QED) is 0.585. The number of hydrogen-bond donors (Lipinski definition) is 1. The van der Waals surface area contributed by atoms with Crippen LogP contribution in [0.3, 0.4) is 0 Å². The van der Waals surface area contributed by atoms with Crippen molar-refractivity contribution in [1.29, 1.82) is 0 Å². The minimum absolute atomic E-state index is 0.0103. The van der Waals surface area contributed by atoms with Gasteiger partial charge in [0.05, 0.1) is 29.7 Å². The van der Waals surface area contributed by atoms with E-state index >= 15 is 0 Å². The lowest BCUT2D eigenvalue weighted by Gasteiger charge is -2.31. The van der Waals surface area contributed by atoms with E-state index in [1.807, 2.05) is 0 Å². The minimum atomic E-state index is -1.18. The topological polar surface area (TPSA) is 98.8 Å². The molecule has 1 aliphatic carbocycles. The molecule has 1 amide bonds. The van der Waals surface area contributed by atoms with Crippen LogP contribution in [0.1, 0.15) is 43.1 Å². The Balaban J connectivity index is 2.47. The highest BCUT2D eigenvalue weighted by Gasteiger charge is 2.52. The van der Waals surface area contributed by atoms with Crippen molar-refractivity contribution in [3.63, 3.8) is 0 Å². The summed E-state index contributed by atoms with van der Waals surface area (Å²) in [6.07, 6.45) is -0.203. The Morgan fingerprint density at radius 3 is 2.30 bits per heavy atom. The summed E-state index contributed by atoms with van der Waals surface area (Å²) in [6.45, 7) is 5.00. The Bertz CT molecular complexity index is 809. The fraction of sp³-hybridized carbons (Fsp3) is 0.444. The molecule has 0 spiro atoms. The first kappa shape index (κ1) is 21.2. The van der Waals surface area contributed by atoms with Crippen molar-refractivity contribution in [2.75, 3.05) is 13.2 Å². The van der Waals surface area contributed by atoms with Crippen LogP contribution in [0.2, 0.25) is 10.0 Å². The molecule has 0 saturated heterocycles. The normalized spacial score (nSPS) is 20.8. The average molecular weight is 416 g/mol. The fourth-order valence-electron chi connectivity index (χ4n) is 3.14. The van der Waals surface area contributed by atoms with Crippen molar-refractivity contribution in [2.24, 2.45) is 0 Å². The smallest absolute Gasteiger partial charge is 0.396 e. The summed E-state index contributed by atoms with van der Waals surface area (Å²) in [6, 6.07) is 1.71. The summed E-state index contributed by atoms with van der Waals surface area (Å²) in [5.74, 6) is -3.22. The van der Waals surface area contributed by atoms with E-state index in [4.69, 9.17) is 27.9 Å². The van der Waals surface area contributed by atoms with E-state index in [9.17, 15) is 19.2 Å². The Kier molecular flexibility index (Phi) is 6.49. The van der Waals surface area contributed by atoms with Gasteiger partial charge in [0.15, 0.2) is 5.78 Å². The number of amides is 1. The third-order valence-corrected chi connectivity index (χ3v) is 5.12. The molecule has 0 aliphatic heterocycles.